The molecule has 0 saturated carbocycles. The first kappa shape index (κ1) is 18.7. The first-order valence-corrected chi connectivity index (χ1v) is 8.46. The van der Waals surface area contributed by atoms with Crippen LogP contribution in [0.4, 0.5) is 0 Å². The van der Waals surface area contributed by atoms with E-state index in [-0.39, 0.29) is 32.4 Å². The van der Waals surface area contributed by atoms with Gasteiger partial charge in [0.25, 0.3) is 23.6 Å². The lowest BCUT2D eigenvalue weighted by molar-refractivity contribution is -0.164. The predicted molar refractivity (Wildman–Crippen MR) is 95.2 cm³/mol. The Balaban J connectivity index is 1.38. The lowest BCUT2D eigenvalue weighted by Gasteiger charge is -2.11. The Morgan fingerprint density at radius 3 is 1.10 bits per heavy atom. The Morgan fingerprint density at radius 1 is 0.567 bits per heavy atom. The summed E-state index contributed by atoms with van der Waals surface area (Å²) >= 11 is 0. The zero-order chi connectivity index (χ0) is 21.4. The minimum atomic E-state index is -1.22. The van der Waals surface area contributed by atoms with Crippen molar-refractivity contribution < 1.29 is 38.4 Å². The fourth-order valence-corrected chi connectivity index (χ4v) is 2.88. The van der Waals surface area contributed by atoms with E-state index in [0.29, 0.717) is 12.2 Å². The molecule has 2 heterocycles. The number of imide groups is 2. The maximum absolute atomic E-state index is 12.1. The molecule has 0 N–H and O–H groups in total. The number of nitrogens with zero attached hydrogens (tertiary/aromatic N) is 2. The van der Waals surface area contributed by atoms with Crippen LogP contribution in [0.3, 0.4) is 0 Å². The van der Waals surface area contributed by atoms with E-state index in [9.17, 15) is 28.8 Å². The molecule has 30 heavy (non-hydrogen) atoms. The Bertz CT molecular complexity index is 1020. The standard InChI is InChI=1S/C20H10N2O8/c23-15(29-21-17(25)11-5-1-2-6-12(11)18(21)26)9-10-16(24)30-22-19(27)13-7-3-4-8-14(13)20(22)28/h1-10H/b10-9-. The normalized spacial score (nSPS) is 14.9. The first-order chi connectivity index (χ1) is 14.4. The van der Waals surface area contributed by atoms with Crippen LogP contribution in [0.15, 0.2) is 60.7 Å². The van der Waals surface area contributed by atoms with E-state index < -0.39 is 35.6 Å². The molecule has 0 fully saturated rings. The van der Waals surface area contributed by atoms with Crippen molar-refractivity contribution in [2.24, 2.45) is 0 Å². The molecule has 0 radical (unpaired) electrons. The van der Waals surface area contributed by atoms with Crippen LogP contribution in [-0.2, 0) is 19.3 Å². The summed E-state index contributed by atoms with van der Waals surface area (Å²) in [5.41, 5.74) is 0.294. The summed E-state index contributed by atoms with van der Waals surface area (Å²) in [5.74, 6) is -5.75. The highest BCUT2D eigenvalue weighted by atomic mass is 16.7. The topological polar surface area (TPSA) is 127 Å². The average Bonchev–Trinajstić information content (AvgIpc) is 3.13. The summed E-state index contributed by atoms with van der Waals surface area (Å²) in [5, 5.41) is 0.541. The Kier molecular flexibility index (Phi) is 4.43. The molecule has 4 rings (SSSR count). The van der Waals surface area contributed by atoms with E-state index in [1.807, 2.05) is 0 Å². The van der Waals surface area contributed by atoms with Gasteiger partial charge in [0.05, 0.1) is 22.3 Å². The van der Waals surface area contributed by atoms with Crippen molar-refractivity contribution >= 4 is 35.6 Å². The molecule has 0 bridgehead atoms. The molecule has 0 spiro atoms. The van der Waals surface area contributed by atoms with Gasteiger partial charge in [0.15, 0.2) is 0 Å². The fraction of sp³-hybridized carbons (Fsp3) is 0. The molecule has 0 saturated heterocycles. The smallest absolute Gasteiger partial charge is 0.325 e. The van der Waals surface area contributed by atoms with Crippen molar-refractivity contribution in [2.45, 2.75) is 0 Å². The predicted octanol–water partition coefficient (Wildman–Crippen LogP) is 1.05. The summed E-state index contributed by atoms with van der Waals surface area (Å²) in [4.78, 5) is 81.6. The Hall–Kier alpha value is -4.60. The van der Waals surface area contributed by atoms with Crippen molar-refractivity contribution in [2.75, 3.05) is 0 Å². The van der Waals surface area contributed by atoms with Crippen LogP contribution >= 0.6 is 0 Å². The maximum Gasteiger partial charge on any atom is 0.357 e. The molecule has 2 aromatic rings. The molecular formula is C20H10N2O8. The quantitative estimate of drug-likeness (QED) is 0.545. The third kappa shape index (κ3) is 3.02. The molecule has 10 nitrogen and oxygen atoms in total. The van der Waals surface area contributed by atoms with Gasteiger partial charge in [-0.2, -0.15) is 0 Å². The van der Waals surface area contributed by atoms with Gasteiger partial charge in [-0.3, -0.25) is 19.2 Å². The third-order valence-electron chi connectivity index (χ3n) is 4.23. The van der Waals surface area contributed by atoms with Gasteiger partial charge in [0, 0.05) is 12.2 Å². The third-order valence-corrected chi connectivity index (χ3v) is 4.23. The highest BCUT2D eigenvalue weighted by Crippen LogP contribution is 2.23. The summed E-state index contributed by atoms with van der Waals surface area (Å²) in [6, 6.07) is 11.8. The second kappa shape index (κ2) is 7.09. The Labute approximate surface area is 167 Å². The molecule has 148 valence electrons. The number of carbonyl (C=O) groups excluding carboxylic acids is 6. The average molecular weight is 406 g/mol. The number of amides is 4. The minimum absolute atomic E-state index is 0.0734. The van der Waals surface area contributed by atoms with Crippen molar-refractivity contribution in [3.05, 3.63) is 82.9 Å². The SMILES string of the molecule is O=C(/C=C\C(=O)ON1C(=O)c2ccccc2C1=O)ON1C(=O)c2ccccc2C1=O. The van der Waals surface area contributed by atoms with E-state index in [4.69, 9.17) is 0 Å². The number of hydroxylamine groups is 4. The number of hydrogen-bond donors (Lipinski definition) is 0. The van der Waals surface area contributed by atoms with Crippen LogP contribution < -0.4 is 0 Å². The lowest BCUT2D eigenvalue weighted by Crippen LogP contribution is -2.33. The molecule has 4 amide bonds. The highest BCUT2D eigenvalue weighted by molar-refractivity contribution is 6.21. The van der Waals surface area contributed by atoms with Gasteiger partial charge >= 0.3 is 11.9 Å². The van der Waals surface area contributed by atoms with Crippen LogP contribution in [0, 0.1) is 0 Å². The van der Waals surface area contributed by atoms with E-state index in [2.05, 4.69) is 9.68 Å². The van der Waals surface area contributed by atoms with Crippen LogP contribution in [0.5, 0.6) is 0 Å². The van der Waals surface area contributed by atoms with Gasteiger partial charge in [0.1, 0.15) is 0 Å². The van der Waals surface area contributed by atoms with Crippen LogP contribution in [0.2, 0.25) is 0 Å². The van der Waals surface area contributed by atoms with Gasteiger partial charge in [-0.05, 0) is 24.3 Å². The minimum Gasteiger partial charge on any atom is -0.325 e. The highest BCUT2D eigenvalue weighted by Gasteiger charge is 2.39. The second-order valence-corrected chi connectivity index (χ2v) is 6.05. The van der Waals surface area contributed by atoms with Crippen LogP contribution in [0.25, 0.3) is 0 Å². The largest absolute Gasteiger partial charge is 0.357 e. The van der Waals surface area contributed by atoms with Crippen molar-refractivity contribution in [3.63, 3.8) is 0 Å². The number of benzene rings is 2. The molecule has 2 aliphatic rings. The summed E-state index contributed by atoms with van der Waals surface area (Å²) < 4.78 is 0. The van der Waals surface area contributed by atoms with Crippen LogP contribution in [0.1, 0.15) is 41.4 Å². The van der Waals surface area contributed by atoms with E-state index in [1.54, 1.807) is 24.3 Å². The summed E-state index contributed by atoms with van der Waals surface area (Å²) in [6.07, 6.45) is 1.17. The Morgan fingerprint density at radius 2 is 0.833 bits per heavy atom. The number of fused-ring (bicyclic) bond motifs is 2. The monoisotopic (exact) mass is 406 g/mol. The van der Waals surface area contributed by atoms with Crippen molar-refractivity contribution in [1.29, 1.82) is 0 Å². The zero-order valence-corrected chi connectivity index (χ0v) is 14.9. The maximum atomic E-state index is 12.1. The molecule has 0 unspecified atom stereocenters. The summed E-state index contributed by atoms with van der Waals surface area (Å²) in [6.45, 7) is 0. The number of hydrogen-bond acceptors (Lipinski definition) is 8. The number of rotatable bonds is 4. The molecule has 2 aliphatic heterocycles. The van der Waals surface area contributed by atoms with E-state index in [0.717, 1.165) is 0 Å². The van der Waals surface area contributed by atoms with Crippen molar-refractivity contribution in [1.82, 2.24) is 10.1 Å². The van der Waals surface area contributed by atoms with Gasteiger partial charge in [-0.25, -0.2) is 9.59 Å². The molecular weight excluding hydrogens is 396 g/mol. The molecule has 2 aromatic carbocycles. The first-order valence-electron chi connectivity index (χ1n) is 8.46. The van der Waals surface area contributed by atoms with Gasteiger partial charge < -0.3 is 9.68 Å². The van der Waals surface area contributed by atoms with E-state index >= 15 is 0 Å². The zero-order valence-electron chi connectivity index (χ0n) is 14.9. The molecule has 10 heteroatoms. The second-order valence-electron chi connectivity index (χ2n) is 6.05. The van der Waals surface area contributed by atoms with Crippen LogP contribution in [-0.4, -0.2) is 45.7 Å². The van der Waals surface area contributed by atoms with Gasteiger partial charge in [-0.1, -0.05) is 34.4 Å². The van der Waals surface area contributed by atoms with Gasteiger partial charge in [0.2, 0.25) is 0 Å². The lowest BCUT2D eigenvalue weighted by atomic mass is 10.1. The summed E-state index contributed by atoms with van der Waals surface area (Å²) in [7, 11) is 0. The van der Waals surface area contributed by atoms with Crippen molar-refractivity contribution in [3.8, 4) is 0 Å². The molecule has 0 atom stereocenters. The fourth-order valence-electron chi connectivity index (χ4n) is 2.88. The molecule has 0 aromatic heterocycles. The molecule has 0 aliphatic carbocycles. The van der Waals surface area contributed by atoms with Gasteiger partial charge in [-0.15, -0.1) is 0 Å². The number of carbonyl (C=O) groups is 6. The van der Waals surface area contributed by atoms with E-state index in [1.165, 1.54) is 24.3 Å².